The van der Waals surface area contributed by atoms with Crippen LogP contribution in [0.2, 0.25) is 0 Å². The first-order valence-corrected chi connectivity index (χ1v) is 5.38. The second kappa shape index (κ2) is 6.63. The quantitative estimate of drug-likeness (QED) is 0.501. The van der Waals surface area contributed by atoms with Gasteiger partial charge >= 0.3 is 5.97 Å². The third-order valence-electron chi connectivity index (χ3n) is 2.39. The first-order chi connectivity index (χ1) is 6.52. The molecule has 0 amide bonds. The monoisotopic (exact) mass is 198 g/mol. The summed E-state index contributed by atoms with van der Waals surface area (Å²) < 4.78 is 4.92. The van der Waals surface area contributed by atoms with Gasteiger partial charge in [-0.25, -0.2) is 4.79 Å². The molecular formula is C12H22O2. The van der Waals surface area contributed by atoms with Gasteiger partial charge < -0.3 is 4.74 Å². The van der Waals surface area contributed by atoms with Crippen molar-refractivity contribution in [3.8, 4) is 0 Å². The van der Waals surface area contributed by atoms with E-state index in [4.69, 9.17) is 4.74 Å². The third kappa shape index (κ3) is 4.45. The summed E-state index contributed by atoms with van der Waals surface area (Å²) in [4.78, 5) is 11.3. The smallest absolute Gasteiger partial charge is 0.333 e. The average Bonchev–Trinajstić information content (AvgIpc) is 2.13. The standard InChI is InChI=1S/C12H22O2/c1-6-11(9(3)4)8-10(5)12(13)14-7-2/h8-9,11H,6-7H2,1-5H3/b10-8+/t11-/m1/s1. The summed E-state index contributed by atoms with van der Waals surface area (Å²) in [7, 11) is 0. The summed E-state index contributed by atoms with van der Waals surface area (Å²) in [5.41, 5.74) is 0.729. The molecule has 14 heavy (non-hydrogen) atoms. The molecule has 2 heteroatoms. The van der Waals surface area contributed by atoms with Crippen LogP contribution < -0.4 is 0 Å². The van der Waals surface area contributed by atoms with Crippen molar-refractivity contribution < 1.29 is 9.53 Å². The minimum Gasteiger partial charge on any atom is -0.463 e. The highest BCUT2D eigenvalue weighted by Crippen LogP contribution is 2.18. The molecule has 0 aromatic rings. The Morgan fingerprint density at radius 2 is 1.93 bits per heavy atom. The Morgan fingerprint density at radius 1 is 1.36 bits per heavy atom. The molecule has 0 fully saturated rings. The topological polar surface area (TPSA) is 26.3 Å². The Morgan fingerprint density at radius 3 is 2.29 bits per heavy atom. The molecule has 0 spiro atoms. The van der Waals surface area contributed by atoms with E-state index in [1.165, 1.54) is 0 Å². The van der Waals surface area contributed by atoms with Gasteiger partial charge in [-0.05, 0) is 32.1 Å². The first-order valence-electron chi connectivity index (χ1n) is 5.38. The van der Waals surface area contributed by atoms with Gasteiger partial charge in [0.2, 0.25) is 0 Å². The molecule has 0 N–H and O–H groups in total. The molecule has 0 unspecified atom stereocenters. The lowest BCUT2D eigenvalue weighted by Crippen LogP contribution is -2.10. The van der Waals surface area contributed by atoms with Crippen LogP contribution in [-0.4, -0.2) is 12.6 Å². The van der Waals surface area contributed by atoms with Crippen molar-refractivity contribution in [2.45, 2.75) is 41.0 Å². The number of hydrogen-bond donors (Lipinski definition) is 0. The highest BCUT2D eigenvalue weighted by Gasteiger charge is 2.11. The summed E-state index contributed by atoms with van der Waals surface area (Å²) in [5.74, 6) is 0.857. The minimum absolute atomic E-state index is 0.188. The summed E-state index contributed by atoms with van der Waals surface area (Å²) >= 11 is 0. The van der Waals surface area contributed by atoms with Crippen molar-refractivity contribution in [1.82, 2.24) is 0 Å². The summed E-state index contributed by atoms with van der Waals surface area (Å²) in [6, 6.07) is 0. The number of carbonyl (C=O) groups is 1. The molecule has 0 aliphatic rings. The molecule has 0 saturated carbocycles. The predicted molar refractivity (Wildman–Crippen MR) is 59.0 cm³/mol. The van der Waals surface area contributed by atoms with E-state index in [9.17, 15) is 4.79 Å². The number of carbonyl (C=O) groups excluding carboxylic acids is 1. The number of esters is 1. The zero-order valence-electron chi connectivity index (χ0n) is 9.96. The second-order valence-corrected chi connectivity index (χ2v) is 3.89. The molecule has 0 saturated heterocycles. The molecule has 1 atom stereocenters. The second-order valence-electron chi connectivity index (χ2n) is 3.89. The van der Waals surface area contributed by atoms with Crippen molar-refractivity contribution in [2.75, 3.05) is 6.61 Å². The van der Waals surface area contributed by atoms with Crippen LogP contribution in [0.3, 0.4) is 0 Å². The zero-order chi connectivity index (χ0) is 11.1. The number of allylic oxidation sites excluding steroid dienone is 1. The first kappa shape index (κ1) is 13.2. The number of rotatable bonds is 5. The third-order valence-corrected chi connectivity index (χ3v) is 2.39. The highest BCUT2D eigenvalue weighted by molar-refractivity contribution is 5.87. The lowest BCUT2D eigenvalue weighted by atomic mass is 9.91. The van der Waals surface area contributed by atoms with E-state index < -0.39 is 0 Å². The van der Waals surface area contributed by atoms with Crippen molar-refractivity contribution in [3.05, 3.63) is 11.6 Å². The predicted octanol–water partition coefficient (Wildman–Crippen LogP) is 3.18. The fraction of sp³-hybridized carbons (Fsp3) is 0.750. The molecule has 2 nitrogen and oxygen atoms in total. The lowest BCUT2D eigenvalue weighted by Gasteiger charge is -2.15. The molecule has 0 heterocycles. The molecule has 0 aliphatic heterocycles. The molecular weight excluding hydrogens is 176 g/mol. The van der Waals surface area contributed by atoms with Crippen LogP contribution in [0.5, 0.6) is 0 Å². The van der Waals surface area contributed by atoms with E-state index in [0.29, 0.717) is 18.4 Å². The van der Waals surface area contributed by atoms with Crippen LogP contribution in [-0.2, 0) is 9.53 Å². The van der Waals surface area contributed by atoms with Crippen LogP contribution >= 0.6 is 0 Å². The van der Waals surface area contributed by atoms with Crippen LogP contribution in [0.4, 0.5) is 0 Å². The Kier molecular flexibility index (Phi) is 6.26. The molecule has 0 radical (unpaired) electrons. The Hall–Kier alpha value is -0.790. The fourth-order valence-corrected chi connectivity index (χ4v) is 1.42. The molecule has 0 aromatic heterocycles. The Bertz CT molecular complexity index is 204. The maximum atomic E-state index is 11.3. The van der Waals surface area contributed by atoms with Crippen molar-refractivity contribution in [3.63, 3.8) is 0 Å². The maximum Gasteiger partial charge on any atom is 0.333 e. The van der Waals surface area contributed by atoms with Gasteiger partial charge in [-0.3, -0.25) is 0 Å². The van der Waals surface area contributed by atoms with Gasteiger partial charge in [0.1, 0.15) is 0 Å². The van der Waals surface area contributed by atoms with E-state index >= 15 is 0 Å². The normalized spacial score (nSPS) is 14.3. The lowest BCUT2D eigenvalue weighted by molar-refractivity contribution is -0.138. The molecule has 0 bridgehead atoms. The van der Waals surface area contributed by atoms with E-state index in [1.807, 2.05) is 19.9 Å². The van der Waals surface area contributed by atoms with E-state index in [-0.39, 0.29) is 5.97 Å². The highest BCUT2D eigenvalue weighted by atomic mass is 16.5. The Labute approximate surface area is 87.3 Å². The Balaban J connectivity index is 4.39. The minimum atomic E-state index is -0.188. The molecule has 82 valence electrons. The van der Waals surface area contributed by atoms with Gasteiger partial charge in [0.25, 0.3) is 0 Å². The zero-order valence-corrected chi connectivity index (χ0v) is 9.96. The van der Waals surface area contributed by atoms with Gasteiger partial charge in [0, 0.05) is 5.57 Å². The number of ether oxygens (including phenoxy) is 1. The fourth-order valence-electron chi connectivity index (χ4n) is 1.42. The number of hydrogen-bond acceptors (Lipinski definition) is 2. The van der Waals surface area contributed by atoms with E-state index in [0.717, 1.165) is 12.0 Å². The summed E-state index contributed by atoms with van der Waals surface area (Å²) in [6.07, 6.45) is 3.09. The van der Waals surface area contributed by atoms with Crippen LogP contribution in [0, 0.1) is 11.8 Å². The van der Waals surface area contributed by atoms with Crippen LogP contribution in [0.25, 0.3) is 0 Å². The molecule has 0 aromatic carbocycles. The maximum absolute atomic E-state index is 11.3. The van der Waals surface area contributed by atoms with Gasteiger partial charge in [-0.15, -0.1) is 0 Å². The van der Waals surface area contributed by atoms with Crippen LogP contribution in [0.1, 0.15) is 41.0 Å². The largest absolute Gasteiger partial charge is 0.463 e. The summed E-state index contributed by atoms with van der Waals surface area (Å²) in [6.45, 7) is 10.6. The summed E-state index contributed by atoms with van der Waals surface area (Å²) in [5, 5.41) is 0. The molecule has 0 rings (SSSR count). The van der Waals surface area contributed by atoms with Crippen molar-refractivity contribution >= 4 is 5.97 Å². The van der Waals surface area contributed by atoms with Gasteiger partial charge in [0.05, 0.1) is 6.61 Å². The van der Waals surface area contributed by atoms with Gasteiger partial charge in [-0.2, -0.15) is 0 Å². The van der Waals surface area contributed by atoms with Crippen LogP contribution in [0.15, 0.2) is 11.6 Å². The van der Waals surface area contributed by atoms with Crippen molar-refractivity contribution in [2.24, 2.45) is 11.8 Å². The van der Waals surface area contributed by atoms with E-state index in [2.05, 4.69) is 20.8 Å². The van der Waals surface area contributed by atoms with Crippen molar-refractivity contribution in [1.29, 1.82) is 0 Å². The average molecular weight is 198 g/mol. The van der Waals surface area contributed by atoms with E-state index in [1.54, 1.807) is 0 Å². The van der Waals surface area contributed by atoms with Gasteiger partial charge in [0.15, 0.2) is 0 Å². The SMILES string of the molecule is CCOC(=O)/C(C)=C/[C@@H](CC)C(C)C. The molecule has 0 aliphatic carbocycles. The van der Waals surface area contributed by atoms with Gasteiger partial charge in [-0.1, -0.05) is 26.8 Å².